The van der Waals surface area contributed by atoms with Gasteiger partial charge in [0.15, 0.2) is 5.96 Å². The summed E-state index contributed by atoms with van der Waals surface area (Å²) < 4.78 is 2.08. The molecule has 0 fully saturated rings. The van der Waals surface area contributed by atoms with E-state index in [1.54, 1.807) is 0 Å². The van der Waals surface area contributed by atoms with E-state index in [1.807, 2.05) is 6.92 Å². The molecule has 0 saturated carbocycles. The highest BCUT2D eigenvalue weighted by molar-refractivity contribution is 5.79. The lowest BCUT2D eigenvalue weighted by Gasteiger charge is -2.14. The summed E-state index contributed by atoms with van der Waals surface area (Å²) >= 11 is 0. The molecule has 23 heavy (non-hydrogen) atoms. The summed E-state index contributed by atoms with van der Waals surface area (Å²) in [7, 11) is 0. The minimum atomic E-state index is 0.458. The number of nitrogens with one attached hydrogen (secondary N) is 2. The van der Waals surface area contributed by atoms with Crippen LogP contribution in [-0.2, 0) is 6.54 Å². The van der Waals surface area contributed by atoms with Gasteiger partial charge in [-0.3, -0.25) is 9.67 Å². The van der Waals surface area contributed by atoms with Gasteiger partial charge in [-0.15, -0.1) is 0 Å². The van der Waals surface area contributed by atoms with Crippen molar-refractivity contribution in [3.05, 3.63) is 17.5 Å². The number of nitrogens with zero attached hydrogens (tertiary/aromatic N) is 3. The molecule has 1 heterocycles. The molecule has 0 bridgehead atoms. The smallest absolute Gasteiger partial charge is 0.191 e. The lowest BCUT2D eigenvalue weighted by atomic mass is 10.1. The molecule has 0 aliphatic carbocycles. The van der Waals surface area contributed by atoms with Crippen LogP contribution in [0.15, 0.2) is 11.1 Å². The van der Waals surface area contributed by atoms with Crippen LogP contribution in [0.25, 0.3) is 0 Å². The monoisotopic (exact) mass is 321 g/mol. The van der Waals surface area contributed by atoms with Crippen molar-refractivity contribution in [2.24, 2.45) is 16.8 Å². The van der Waals surface area contributed by atoms with E-state index in [0.29, 0.717) is 5.92 Å². The van der Waals surface area contributed by atoms with Crippen LogP contribution in [0.1, 0.15) is 51.9 Å². The minimum absolute atomic E-state index is 0.458. The normalized spacial score (nSPS) is 13.4. The predicted molar refractivity (Wildman–Crippen MR) is 98.9 cm³/mol. The molecule has 132 valence electrons. The van der Waals surface area contributed by atoms with Gasteiger partial charge in [0, 0.05) is 31.9 Å². The second-order valence-electron chi connectivity index (χ2n) is 6.90. The Morgan fingerprint density at radius 3 is 2.57 bits per heavy atom. The van der Waals surface area contributed by atoms with E-state index in [1.165, 1.54) is 18.5 Å². The molecule has 1 atom stereocenters. The van der Waals surface area contributed by atoms with Crippen molar-refractivity contribution in [3.8, 4) is 0 Å². The lowest BCUT2D eigenvalue weighted by molar-refractivity contribution is 0.449. The number of aromatic nitrogens is 2. The number of aliphatic imine (C=N–C) groups is 1. The third-order valence-electron chi connectivity index (χ3n) is 3.74. The first-order valence-corrected chi connectivity index (χ1v) is 8.95. The molecule has 5 nitrogen and oxygen atoms in total. The van der Waals surface area contributed by atoms with Crippen LogP contribution in [-0.4, -0.2) is 35.4 Å². The van der Waals surface area contributed by atoms with Crippen molar-refractivity contribution < 1.29 is 0 Å². The Kier molecular flexibility index (Phi) is 8.74. The molecule has 1 rings (SSSR count). The first-order chi connectivity index (χ1) is 10.9. The third-order valence-corrected chi connectivity index (χ3v) is 3.74. The highest BCUT2D eigenvalue weighted by atomic mass is 15.3. The summed E-state index contributed by atoms with van der Waals surface area (Å²) in [5.41, 5.74) is 2.30. The fourth-order valence-corrected chi connectivity index (χ4v) is 2.52. The Bertz CT molecular complexity index is 476. The summed E-state index contributed by atoms with van der Waals surface area (Å²) in [6.45, 7) is 16.6. The number of guanidine groups is 1. The Labute approximate surface area is 142 Å². The fraction of sp³-hybridized carbons (Fsp3) is 0.778. The molecule has 0 aliphatic rings. The van der Waals surface area contributed by atoms with E-state index in [9.17, 15) is 0 Å². The second-order valence-corrected chi connectivity index (χ2v) is 6.90. The van der Waals surface area contributed by atoms with Gasteiger partial charge < -0.3 is 10.6 Å². The van der Waals surface area contributed by atoms with Gasteiger partial charge in [-0.05, 0) is 51.5 Å². The third kappa shape index (κ3) is 8.05. The fourth-order valence-electron chi connectivity index (χ4n) is 2.52. The van der Waals surface area contributed by atoms with E-state index >= 15 is 0 Å². The first kappa shape index (κ1) is 19.5. The molecule has 1 aromatic rings. The summed E-state index contributed by atoms with van der Waals surface area (Å²) in [4.78, 5) is 4.72. The van der Waals surface area contributed by atoms with Gasteiger partial charge in [-0.2, -0.15) is 5.10 Å². The van der Waals surface area contributed by atoms with Gasteiger partial charge >= 0.3 is 0 Å². The number of hydrogen-bond acceptors (Lipinski definition) is 2. The van der Waals surface area contributed by atoms with Gasteiger partial charge in [0.25, 0.3) is 0 Å². The zero-order chi connectivity index (χ0) is 17.2. The minimum Gasteiger partial charge on any atom is -0.357 e. The molecule has 1 unspecified atom stereocenters. The Morgan fingerprint density at radius 2 is 2.00 bits per heavy atom. The van der Waals surface area contributed by atoms with Gasteiger partial charge in [-0.1, -0.05) is 20.8 Å². The molecule has 0 spiro atoms. The maximum absolute atomic E-state index is 4.72. The average Bonchev–Trinajstić information content (AvgIpc) is 2.78. The Balaban J connectivity index is 2.43. The second kappa shape index (κ2) is 10.3. The molecule has 0 amide bonds. The zero-order valence-corrected chi connectivity index (χ0v) is 15.8. The molecule has 1 aromatic heterocycles. The molecule has 5 heteroatoms. The van der Waals surface area contributed by atoms with Crippen LogP contribution in [0.3, 0.4) is 0 Å². The first-order valence-electron chi connectivity index (χ1n) is 8.95. The summed E-state index contributed by atoms with van der Waals surface area (Å²) in [5.74, 6) is 2.15. The molecular weight excluding hydrogens is 286 g/mol. The van der Waals surface area contributed by atoms with E-state index < -0.39 is 0 Å². The molecule has 0 aromatic carbocycles. The van der Waals surface area contributed by atoms with Crippen molar-refractivity contribution in [2.45, 2.75) is 60.9 Å². The number of aryl methyl sites for hydroxylation is 2. The summed E-state index contributed by atoms with van der Waals surface area (Å²) in [5, 5.41) is 11.3. The predicted octanol–water partition coefficient (Wildman–Crippen LogP) is 3.13. The molecule has 0 aliphatic heterocycles. The van der Waals surface area contributed by atoms with Gasteiger partial charge in [0.05, 0.1) is 5.69 Å². The van der Waals surface area contributed by atoms with Crippen molar-refractivity contribution >= 4 is 5.96 Å². The summed E-state index contributed by atoms with van der Waals surface area (Å²) in [6, 6.07) is 2.12. The highest BCUT2D eigenvalue weighted by Gasteiger charge is 2.07. The maximum Gasteiger partial charge on any atom is 0.191 e. The molecule has 0 radical (unpaired) electrons. The van der Waals surface area contributed by atoms with Crippen molar-refractivity contribution in [3.63, 3.8) is 0 Å². The van der Waals surface area contributed by atoms with Crippen LogP contribution < -0.4 is 10.6 Å². The van der Waals surface area contributed by atoms with Gasteiger partial charge in [0.1, 0.15) is 0 Å². The van der Waals surface area contributed by atoms with Crippen molar-refractivity contribution in [1.82, 2.24) is 20.4 Å². The number of rotatable bonds is 9. The zero-order valence-electron chi connectivity index (χ0n) is 15.8. The van der Waals surface area contributed by atoms with Gasteiger partial charge in [0.2, 0.25) is 0 Å². The van der Waals surface area contributed by atoms with E-state index in [4.69, 9.17) is 4.99 Å². The molecule has 2 N–H and O–H groups in total. The van der Waals surface area contributed by atoms with Crippen LogP contribution in [0.2, 0.25) is 0 Å². The Hall–Kier alpha value is -1.52. The SMILES string of the molecule is CCNC(=NCC(C)Cn1nc(C)cc1C)NCCCC(C)C. The van der Waals surface area contributed by atoms with Gasteiger partial charge in [-0.25, -0.2) is 0 Å². The average molecular weight is 322 g/mol. The Morgan fingerprint density at radius 1 is 1.26 bits per heavy atom. The number of hydrogen-bond donors (Lipinski definition) is 2. The topological polar surface area (TPSA) is 54.2 Å². The van der Waals surface area contributed by atoms with E-state index in [2.05, 4.69) is 61.1 Å². The lowest BCUT2D eigenvalue weighted by Crippen LogP contribution is -2.38. The maximum atomic E-state index is 4.72. The van der Waals surface area contributed by atoms with Crippen molar-refractivity contribution in [1.29, 1.82) is 0 Å². The largest absolute Gasteiger partial charge is 0.357 e. The van der Waals surface area contributed by atoms with E-state index in [-0.39, 0.29) is 0 Å². The highest BCUT2D eigenvalue weighted by Crippen LogP contribution is 2.07. The van der Waals surface area contributed by atoms with Crippen LogP contribution in [0.4, 0.5) is 0 Å². The van der Waals surface area contributed by atoms with Crippen molar-refractivity contribution in [2.75, 3.05) is 19.6 Å². The van der Waals surface area contributed by atoms with Crippen LogP contribution in [0.5, 0.6) is 0 Å². The van der Waals surface area contributed by atoms with E-state index in [0.717, 1.165) is 43.8 Å². The molecular formula is C18H35N5. The quantitative estimate of drug-likeness (QED) is 0.417. The standard InChI is InChI=1S/C18H35N5/c1-7-19-18(20-10-8-9-14(2)3)21-12-15(4)13-23-17(6)11-16(5)22-23/h11,14-15H,7-10,12-13H2,1-6H3,(H2,19,20,21). The molecule has 0 saturated heterocycles. The summed E-state index contributed by atoms with van der Waals surface area (Å²) in [6.07, 6.45) is 2.43. The van der Waals surface area contributed by atoms with Crippen LogP contribution in [0, 0.1) is 25.7 Å². The van der Waals surface area contributed by atoms with Crippen LogP contribution >= 0.6 is 0 Å².